The average molecular weight is 492 g/mol. The minimum absolute atomic E-state index is 0.0136. The molecule has 2 aromatic carbocycles. The van der Waals surface area contributed by atoms with Gasteiger partial charge in [-0.1, -0.05) is 41.8 Å². The van der Waals surface area contributed by atoms with Crippen LogP contribution in [-0.4, -0.2) is 24.4 Å². The number of phenolic OH excluding ortho intramolecular Hbond substituents is 1. The van der Waals surface area contributed by atoms with Crippen molar-refractivity contribution in [1.29, 1.82) is 0 Å². The number of benzene rings is 2. The Labute approximate surface area is 195 Å². The fourth-order valence-electron chi connectivity index (χ4n) is 3.70. The molecule has 7 nitrogen and oxygen atoms in total. The van der Waals surface area contributed by atoms with E-state index in [1.165, 1.54) is 47.7 Å². The van der Waals surface area contributed by atoms with Crippen LogP contribution in [-0.2, 0) is 14.8 Å². The Balaban J connectivity index is 1.60. The second-order valence-electron chi connectivity index (χ2n) is 7.70. The molecular weight excluding hydrogens is 470 g/mol. The summed E-state index contributed by atoms with van der Waals surface area (Å²) in [7, 11) is -3.97. The third kappa shape index (κ3) is 4.90. The highest BCUT2D eigenvalue weighted by atomic mass is 35.5. The molecule has 32 heavy (non-hydrogen) atoms. The van der Waals surface area contributed by atoms with Crippen LogP contribution in [0.2, 0.25) is 5.02 Å². The first kappa shape index (κ1) is 22.6. The summed E-state index contributed by atoms with van der Waals surface area (Å²) >= 11 is 7.52. The van der Waals surface area contributed by atoms with Crippen molar-refractivity contribution < 1.29 is 18.3 Å². The summed E-state index contributed by atoms with van der Waals surface area (Å²) in [5.74, 6) is 0.0469. The Morgan fingerprint density at radius 3 is 2.53 bits per heavy atom. The van der Waals surface area contributed by atoms with Crippen molar-refractivity contribution in [3.05, 3.63) is 53.2 Å². The number of aromatic nitrogens is 1. The van der Waals surface area contributed by atoms with Gasteiger partial charge in [0, 0.05) is 11.6 Å². The van der Waals surface area contributed by atoms with Crippen molar-refractivity contribution in [2.45, 2.75) is 37.5 Å². The fourth-order valence-corrected chi connectivity index (χ4v) is 6.25. The Morgan fingerprint density at radius 2 is 1.84 bits per heavy atom. The molecule has 1 aromatic heterocycles. The zero-order valence-electron chi connectivity index (χ0n) is 17.3. The summed E-state index contributed by atoms with van der Waals surface area (Å²) < 4.78 is 28.4. The number of halogens is 1. The minimum atomic E-state index is -3.97. The lowest BCUT2D eigenvalue weighted by molar-refractivity contribution is -0.119. The molecule has 168 valence electrons. The number of nitrogens with one attached hydrogen (secondary N) is 2. The molecule has 0 spiro atoms. The number of nitrogens with zero attached hydrogens (tertiary/aromatic N) is 1. The lowest BCUT2D eigenvalue weighted by Crippen LogP contribution is -2.20. The molecule has 1 aliphatic carbocycles. The number of aryl methyl sites for hydroxylation is 1. The average Bonchev–Trinajstić information content (AvgIpc) is 3.40. The Hall–Kier alpha value is -2.62. The molecule has 3 aromatic rings. The van der Waals surface area contributed by atoms with Gasteiger partial charge in [-0.25, -0.2) is 13.4 Å². The van der Waals surface area contributed by atoms with Crippen LogP contribution in [0.1, 0.15) is 31.4 Å². The van der Waals surface area contributed by atoms with Gasteiger partial charge in [0.1, 0.15) is 10.6 Å². The van der Waals surface area contributed by atoms with Crippen molar-refractivity contribution in [3.63, 3.8) is 0 Å². The molecule has 0 radical (unpaired) electrons. The smallest absolute Gasteiger partial charge is 0.263 e. The zero-order chi connectivity index (χ0) is 22.9. The first-order valence-corrected chi connectivity index (χ1v) is 12.8. The van der Waals surface area contributed by atoms with E-state index in [0.29, 0.717) is 22.1 Å². The summed E-state index contributed by atoms with van der Waals surface area (Å²) in [5, 5.41) is 12.9. The molecule has 1 amide bonds. The third-order valence-corrected chi connectivity index (χ3v) is 8.34. The molecule has 0 aliphatic heterocycles. The SMILES string of the molecule is Cc1nc(NC(=O)C2CCCC2)sc1-c1ccc(Cl)c(S(=O)(=O)Nc2ccc(O)cc2)c1. The highest BCUT2D eigenvalue weighted by Gasteiger charge is 2.24. The molecule has 3 N–H and O–H groups in total. The molecule has 1 heterocycles. The van der Waals surface area contributed by atoms with E-state index in [9.17, 15) is 18.3 Å². The lowest BCUT2D eigenvalue weighted by Gasteiger charge is -2.11. The van der Waals surface area contributed by atoms with E-state index in [-0.39, 0.29) is 27.5 Å². The Bertz CT molecular complexity index is 1250. The molecule has 1 aliphatic rings. The van der Waals surface area contributed by atoms with E-state index in [0.717, 1.165) is 30.6 Å². The molecule has 1 saturated carbocycles. The van der Waals surface area contributed by atoms with Crippen LogP contribution < -0.4 is 10.0 Å². The van der Waals surface area contributed by atoms with E-state index in [1.807, 2.05) is 6.92 Å². The maximum Gasteiger partial charge on any atom is 0.263 e. The van der Waals surface area contributed by atoms with Gasteiger partial charge in [0.15, 0.2) is 5.13 Å². The number of carbonyl (C=O) groups is 1. The zero-order valence-corrected chi connectivity index (χ0v) is 19.6. The van der Waals surface area contributed by atoms with Crippen LogP contribution in [0.25, 0.3) is 10.4 Å². The van der Waals surface area contributed by atoms with Gasteiger partial charge in [-0.2, -0.15) is 0 Å². The van der Waals surface area contributed by atoms with Crippen LogP contribution >= 0.6 is 22.9 Å². The second-order valence-corrected chi connectivity index (χ2v) is 10.8. The van der Waals surface area contributed by atoms with Crippen LogP contribution in [0.5, 0.6) is 5.75 Å². The predicted molar refractivity (Wildman–Crippen MR) is 127 cm³/mol. The quantitative estimate of drug-likeness (QED) is 0.399. The molecule has 0 unspecified atom stereocenters. The van der Waals surface area contributed by atoms with Crippen molar-refractivity contribution >= 4 is 49.7 Å². The number of amides is 1. The first-order valence-electron chi connectivity index (χ1n) is 10.1. The minimum Gasteiger partial charge on any atom is -0.508 e. The van der Waals surface area contributed by atoms with E-state index in [2.05, 4.69) is 15.0 Å². The number of hydrogen-bond donors (Lipinski definition) is 3. The molecule has 0 bridgehead atoms. The molecule has 0 saturated heterocycles. The van der Waals surface area contributed by atoms with Crippen molar-refractivity contribution in [3.8, 4) is 16.2 Å². The molecule has 10 heteroatoms. The van der Waals surface area contributed by atoms with Gasteiger partial charge in [-0.3, -0.25) is 9.52 Å². The van der Waals surface area contributed by atoms with Gasteiger partial charge < -0.3 is 10.4 Å². The third-order valence-electron chi connectivity index (χ3n) is 5.36. The number of hydrogen-bond acceptors (Lipinski definition) is 6. The largest absolute Gasteiger partial charge is 0.508 e. The molecule has 0 atom stereocenters. The van der Waals surface area contributed by atoms with E-state index < -0.39 is 10.0 Å². The number of thiazole rings is 1. The highest BCUT2D eigenvalue weighted by molar-refractivity contribution is 7.92. The van der Waals surface area contributed by atoms with Gasteiger partial charge in [0.05, 0.1) is 15.6 Å². The summed E-state index contributed by atoms with van der Waals surface area (Å²) in [6, 6.07) is 10.4. The van der Waals surface area contributed by atoms with E-state index in [1.54, 1.807) is 6.07 Å². The molecule has 1 fully saturated rings. The Kier molecular flexibility index (Phi) is 6.41. The maximum atomic E-state index is 12.9. The fraction of sp³-hybridized carbons (Fsp3) is 0.273. The van der Waals surface area contributed by atoms with Crippen molar-refractivity contribution in [2.24, 2.45) is 5.92 Å². The second kappa shape index (κ2) is 9.09. The number of aromatic hydroxyl groups is 1. The first-order chi connectivity index (χ1) is 15.2. The summed E-state index contributed by atoms with van der Waals surface area (Å²) in [5.41, 5.74) is 1.63. The lowest BCUT2D eigenvalue weighted by atomic mass is 10.1. The highest BCUT2D eigenvalue weighted by Crippen LogP contribution is 2.37. The number of sulfonamides is 1. The van der Waals surface area contributed by atoms with Gasteiger partial charge in [0.2, 0.25) is 5.91 Å². The standard InChI is InChI=1S/C22H22ClN3O4S2/c1-13-20(31-22(24-13)25-21(28)14-4-2-3-5-14)15-6-11-18(23)19(12-15)32(29,30)26-16-7-9-17(27)10-8-16/h6-12,14,26-27H,2-5H2,1H3,(H,24,25,28). The van der Waals surface area contributed by atoms with Gasteiger partial charge in [-0.15, -0.1) is 0 Å². The monoisotopic (exact) mass is 491 g/mol. The summed E-state index contributed by atoms with van der Waals surface area (Å²) in [6.07, 6.45) is 3.94. The maximum absolute atomic E-state index is 12.9. The predicted octanol–water partition coefficient (Wildman–Crippen LogP) is 5.41. The normalized spacial score (nSPS) is 14.4. The van der Waals surface area contributed by atoms with Crippen LogP contribution in [0.15, 0.2) is 47.4 Å². The number of carbonyl (C=O) groups excluding carboxylic acids is 1. The summed E-state index contributed by atoms with van der Waals surface area (Å²) in [6.45, 7) is 1.81. The van der Waals surface area contributed by atoms with Crippen molar-refractivity contribution in [2.75, 3.05) is 10.0 Å². The van der Waals surface area contributed by atoms with E-state index in [4.69, 9.17) is 11.6 Å². The van der Waals surface area contributed by atoms with Gasteiger partial charge in [0.25, 0.3) is 10.0 Å². The molecule has 4 rings (SSSR count). The van der Waals surface area contributed by atoms with Gasteiger partial charge >= 0.3 is 0 Å². The van der Waals surface area contributed by atoms with Crippen molar-refractivity contribution in [1.82, 2.24) is 4.98 Å². The number of rotatable bonds is 6. The number of anilines is 2. The molecular formula is C22H22ClN3O4S2. The van der Waals surface area contributed by atoms with Crippen LogP contribution in [0, 0.1) is 12.8 Å². The topological polar surface area (TPSA) is 108 Å². The van der Waals surface area contributed by atoms with E-state index >= 15 is 0 Å². The Morgan fingerprint density at radius 1 is 1.16 bits per heavy atom. The summed E-state index contributed by atoms with van der Waals surface area (Å²) in [4.78, 5) is 17.6. The number of phenols is 1. The van der Waals surface area contributed by atoms with Crippen LogP contribution in [0.4, 0.5) is 10.8 Å². The van der Waals surface area contributed by atoms with Gasteiger partial charge in [-0.05, 0) is 61.7 Å². The van der Waals surface area contributed by atoms with Crippen LogP contribution in [0.3, 0.4) is 0 Å².